The first-order valence-electron chi connectivity index (χ1n) is 6.63. The molecule has 19 heavy (non-hydrogen) atoms. The molecule has 0 amide bonds. The van der Waals surface area contributed by atoms with Crippen molar-refractivity contribution in [1.82, 2.24) is 0 Å². The van der Waals surface area contributed by atoms with E-state index >= 15 is 0 Å². The van der Waals surface area contributed by atoms with Gasteiger partial charge in [0.1, 0.15) is 0 Å². The quantitative estimate of drug-likeness (QED) is 0.483. The number of sulfone groups is 1. The fourth-order valence-corrected chi connectivity index (χ4v) is 4.24. The zero-order valence-corrected chi connectivity index (χ0v) is 14.5. The molecule has 0 aliphatic carbocycles. The third kappa shape index (κ3) is 6.08. The van der Waals surface area contributed by atoms with Crippen molar-refractivity contribution in [3.63, 3.8) is 0 Å². The maximum atomic E-state index is 12.2. The van der Waals surface area contributed by atoms with E-state index in [1.165, 1.54) is 24.7 Å². The molecular weight excluding hydrogens is 371 g/mol. The van der Waals surface area contributed by atoms with Gasteiger partial charge in [-0.05, 0) is 54.5 Å². The van der Waals surface area contributed by atoms with Crippen molar-refractivity contribution < 1.29 is 8.42 Å². The van der Waals surface area contributed by atoms with Crippen molar-refractivity contribution in [2.75, 3.05) is 0 Å². The summed E-state index contributed by atoms with van der Waals surface area (Å²) < 4.78 is 25.2. The molecule has 0 fully saturated rings. The molecule has 0 spiro atoms. The number of hydrogen-bond acceptors (Lipinski definition) is 2. The lowest BCUT2D eigenvalue weighted by atomic mass is 10.2. The molecule has 0 N–H and O–H groups in total. The van der Waals surface area contributed by atoms with Crippen molar-refractivity contribution in [3.05, 3.63) is 38.8 Å². The summed E-state index contributed by atoms with van der Waals surface area (Å²) in [7, 11) is -3.29. The van der Waals surface area contributed by atoms with E-state index in [0.29, 0.717) is 4.90 Å². The number of rotatable bonds is 7. The van der Waals surface area contributed by atoms with E-state index in [9.17, 15) is 8.42 Å². The second-order valence-corrected chi connectivity index (χ2v) is 7.92. The van der Waals surface area contributed by atoms with E-state index in [4.69, 9.17) is 0 Å². The normalized spacial score (nSPS) is 12.7. The monoisotopic (exact) mass is 392 g/mol. The number of allylic oxidation sites excluding steroid dienone is 1. The molecular formula is C15H21IO2S. The van der Waals surface area contributed by atoms with Crippen LogP contribution in [0.15, 0.2) is 38.1 Å². The van der Waals surface area contributed by atoms with Gasteiger partial charge in [-0.25, -0.2) is 8.42 Å². The Morgan fingerprint density at radius 3 is 2.37 bits per heavy atom. The van der Waals surface area contributed by atoms with Crippen LogP contribution in [0.3, 0.4) is 0 Å². The largest absolute Gasteiger partial charge is 0.219 e. The summed E-state index contributed by atoms with van der Waals surface area (Å²) in [5.41, 5.74) is 1.07. The van der Waals surface area contributed by atoms with Crippen LogP contribution in [0.1, 0.15) is 44.6 Å². The van der Waals surface area contributed by atoms with Crippen LogP contribution in [0, 0.1) is 6.92 Å². The summed E-state index contributed by atoms with van der Waals surface area (Å²) in [6, 6.07) is 6.99. The van der Waals surface area contributed by atoms with Gasteiger partial charge >= 0.3 is 0 Å². The van der Waals surface area contributed by atoms with E-state index in [-0.39, 0.29) is 0 Å². The molecule has 0 aromatic heterocycles. The van der Waals surface area contributed by atoms with Gasteiger partial charge in [0.2, 0.25) is 9.84 Å². The van der Waals surface area contributed by atoms with Crippen LogP contribution >= 0.6 is 22.6 Å². The number of benzene rings is 1. The van der Waals surface area contributed by atoms with Gasteiger partial charge in [0.15, 0.2) is 0 Å². The molecule has 0 bridgehead atoms. The molecule has 0 radical (unpaired) electrons. The van der Waals surface area contributed by atoms with Gasteiger partial charge in [0.25, 0.3) is 0 Å². The van der Waals surface area contributed by atoms with Gasteiger partial charge in [-0.3, -0.25) is 0 Å². The molecule has 0 aliphatic heterocycles. The highest BCUT2D eigenvalue weighted by molar-refractivity contribution is 14.1. The minimum atomic E-state index is -3.29. The average molecular weight is 392 g/mol. The first-order chi connectivity index (χ1) is 8.95. The van der Waals surface area contributed by atoms with Crippen molar-refractivity contribution in [3.8, 4) is 0 Å². The minimum Gasteiger partial charge on any atom is -0.219 e. The molecule has 4 heteroatoms. The predicted molar refractivity (Wildman–Crippen MR) is 89.2 cm³/mol. The summed E-state index contributed by atoms with van der Waals surface area (Å²) in [4.78, 5) is 0.376. The number of hydrogen-bond donors (Lipinski definition) is 0. The van der Waals surface area contributed by atoms with Crippen molar-refractivity contribution in [1.29, 1.82) is 0 Å². The fourth-order valence-electron chi connectivity index (χ4n) is 1.74. The molecule has 0 saturated heterocycles. The van der Waals surface area contributed by atoms with E-state index in [1.807, 2.05) is 19.1 Å². The third-order valence-electron chi connectivity index (χ3n) is 2.90. The van der Waals surface area contributed by atoms with Crippen molar-refractivity contribution in [2.45, 2.75) is 50.8 Å². The zero-order chi connectivity index (χ0) is 14.3. The van der Waals surface area contributed by atoms with Gasteiger partial charge in [-0.1, -0.05) is 43.9 Å². The standard InChI is InChI=1S/C15H21IO2S/c1-3-4-5-6-7-14(16)12-19(17,18)15-10-8-13(2)9-11-15/h8-12H,3-7H2,1-2H3/b14-12+. The lowest BCUT2D eigenvalue weighted by Crippen LogP contribution is -1.97. The Balaban J connectivity index is 2.69. The lowest BCUT2D eigenvalue weighted by Gasteiger charge is -2.03. The summed E-state index contributed by atoms with van der Waals surface area (Å²) >= 11 is 2.13. The Kier molecular flexibility index (Phi) is 7.07. The molecule has 1 aromatic rings. The topological polar surface area (TPSA) is 34.1 Å². The van der Waals surface area contributed by atoms with Crippen LogP contribution in [-0.4, -0.2) is 8.42 Å². The first-order valence-corrected chi connectivity index (χ1v) is 9.26. The van der Waals surface area contributed by atoms with E-state index in [2.05, 4.69) is 29.5 Å². The SMILES string of the molecule is CCCCCC/C(I)=C\S(=O)(=O)c1ccc(C)cc1. The molecule has 1 aromatic carbocycles. The Labute approximate surface area is 130 Å². The first kappa shape index (κ1) is 16.7. The molecule has 0 saturated carbocycles. The molecule has 0 atom stereocenters. The van der Waals surface area contributed by atoms with E-state index in [0.717, 1.165) is 22.0 Å². The highest BCUT2D eigenvalue weighted by Gasteiger charge is 2.11. The fraction of sp³-hybridized carbons (Fsp3) is 0.467. The maximum absolute atomic E-state index is 12.2. The van der Waals surface area contributed by atoms with Crippen LogP contribution in [-0.2, 0) is 9.84 Å². The Bertz CT molecular complexity index is 516. The molecule has 0 heterocycles. The van der Waals surface area contributed by atoms with Crippen molar-refractivity contribution in [2.24, 2.45) is 0 Å². The number of unbranched alkanes of at least 4 members (excludes halogenated alkanes) is 3. The summed E-state index contributed by atoms with van der Waals surface area (Å²) in [5.74, 6) is 0. The average Bonchev–Trinajstić information content (AvgIpc) is 2.34. The van der Waals surface area contributed by atoms with Gasteiger partial charge in [0.05, 0.1) is 4.90 Å². The van der Waals surface area contributed by atoms with Crippen LogP contribution in [0.2, 0.25) is 0 Å². The summed E-state index contributed by atoms with van der Waals surface area (Å²) in [6.07, 6.45) is 5.50. The third-order valence-corrected chi connectivity index (χ3v) is 5.70. The molecule has 2 nitrogen and oxygen atoms in total. The van der Waals surface area contributed by atoms with Gasteiger partial charge in [-0.15, -0.1) is 0 Å². The van der Waals surface area contributed by atoms with E-state index in [1.54, 1.807) is 12.1 Å². The smallest absolute Gasteiger partial charge is 0.200 e. The molecule has 0 aliphatic rings. The number of aryl methyl sites for hydroxylation is 1. The number of halogens is 1. The van der Waals surface area contributed by atoms with Crippen LogP contribution in [0.5, 0.6) is 0 Å². The molecule has 1 rings (SSSR count). The second-order valence-electron chi connectivity index (χ2n) is 4.73. The van der Waals surface area contributed by atoms with Crippen LogP contribution in [0.25, 0.3) is 0 Å². The van der Waals surface area contributed by atoms with Crippen LogP contribution in [0.4, 0.5) is 0 Å². The molecule has 106 valence electrons. The van der Waals surface area contributed by atoms with Crippen LogP contribution < -0.4 is 0 Å². The minimum absolute atomic E-state index is 0.376. The Morgan fingerprint density at radius 1 is 1.16 bits per heavy atom. The summed E-state index contributed by atoms with van der Waals surface area (Å²) in [5, 5.41) is 1.41. The molecule has 0 unspecified atom stereocenters. The highest BCUT2D eigenvalue weighted by atomic mass is 127. The van der Waals surface area contributed by atoms with Gasteiger partial charge in [-0.2, -0.15) is 0 Å². The van der Waals surface area contributed by atoms with Gasteiger partial charge in [0, 0.05) is 8.99 Å². The second kappa shape index (κ2) is 8.04. The highest BCUT2D eigenvalue weighted by Crippen LogP contribution is 2.21. The van der Waals surface area contributed by atoms with E-state index < -0.39 is 9.84 Å². The lowest BCUT2D eigenvalue weighted by molar-refractivity contribution is 0.604. The predicted octanol–water partition coefficient (Wildman–Crippen LogP) is 5.02. The Hall–Kier alpha value is -0.360. The zero-order valence-electron chi connectivity index (χ0n) is 11.5. The Morgan fingerprint density at radius 2 is 1.79 bits per heavy atom. The summed E-state index contributed by atoms with van der Waals surface area (Å²) in [6.45, 7) is 4.12. The van der Waals surface area contributed by atoms with Crippen molar-refractivity contribution >= 4 is 32.4 Å². The van der Waals surface area contributed by atoms with Gasteiger partial charge < -0.3 is 0 Å². The maximum Gasteiger partial charge on any atom is 0.200 e.